The van der Waals surface area contributed by atoms with E-state index in [4.69, 9.17) is 11.6 Å². The summed E-state index contributed by atoms with van der Waals surface area (Å²) in [5, 5.41) is 10.3. The number of pyridine rings is 1. The monoisotopic (exact) mass is 293 g/mol. The molecular weight excluding hydrogens is 278 g/mol. The van der Waals surface area contributed by atoms with Gasteiger partial charge in [0.25, 0.3) is 5.91 Å². The molecule has 0 spiro atoms. The van der Waals surface area contributed by atoms with Gasteiger partial charge in [-0.25, -0.2) is 4.98 Å². The molecule has 0 atom stereocenters. The number of carbonyl (C=O) groups excluding carboxylic acids is 1. The summed E-state index contributed by atoms with van der Waals surface area (Å²) in [6, 6.07) is 3.19. The number of nitrogens with zero attached hydrogens (tertiary/aromatic N) is 3. The second-order valence-corrected chi connectivity index (χ2v) is 4.74. The van der Waals surface area contributed by atoms with Gasteiger partial charge in [0.2, 0.25) is 0 Å². The molecule has 0 aliphatic carbocycles. The van der Waals surface area contributed by atoms with E-state index in [0.29, 0.717) is 23.6 Å². The number of rotatable bonds is 4. The Morgan fingerprint density at radius 1 is 1.45 bits per heavy atom. The lowest BCUT2D eigenvalue weighted by molar-refractivity contribution is 0.102. The van der Waals surface area contributed by atoms with E-state index in [1.54, 1.807) is 24.0 Å². The Labute approximate surface area is 122 Å². The number of amides is 1. The van der Waals surface area contributed by atoms with Crippen LogP contribution in [0.4, 0.5) is 11.5 Å². The zero-order valence-corrected chi connectivity index (χ0v) is 12.3. The van der Waals surface area contributed by atoms with Crippen molar-refractivity contribution in [3.05, 3.63) is 34.7 Å². The van der Waals surface area contributed by atoms with E-state index >= 15 is 0 Å². The van der Waals surface area contributed by atoms with Crippen molar-refractivity contribution in [2.24, 2.45) is 7.05 Å². The van der Waals surface area contributed by atoms with Crippen LogP contribution in [0.3, 0.4) is 0 Å². The maximum atomic E-state index is 12.2. The quantitative estimate of drug-likeness (QED) is 0.850. The number of hydrogen-bond acceptors (Lipinski definition) is 4. The predicted molar refractivity (Wildman–Crippen MR) is 79.3 cm³/mol. The molecule has 0 unspecified atom stereocenters. The molecule has 6 nitrogen and oxygen atoms in total. The molecule has 2 rings (SSSR count). The fourth-order valence-electron chi connectivity index (χ4n) is 1.82. The van der Waals surface area contributed by atoms with E-state index in [0.717, 1.165) is 5.69 Å². The Morgan fingerprint density at radius 2 is 2.20 bits per heavy atom. The highest BCUT2D eigenvalue weighted by Crippen LogP contribution is 2.17. The molecule has 0 bridgehead atoms. The second-order valence-electron chi connectivity index (χ2n) is 4.35. The topological polar surface area (TPSA) is 71.8 Å². The first-order valence-corrected chi connectivity index (χ1v) is 6.60. The number of nitrogens with one attached hydrogen (secondary N) is 2. The van der Waals surface area contributed by atoms with Crippen LogP contribution in [0.15, 0.2) is 18.3 Å². The molecule has 7 heteroatoms. The molecule has 1 amide bonds. The van der Waals surface area contributed by atoms with Gasteiger partial charge in [-0.1, -0.05) is 11.6 Å². The molecular formula is C13H16ClN5O. The van der Waals surface area contributed by atoms with Crippen LogP contribution in [0, 0.1) is 6.92 Å². The second kappa shape index (κ2) is 5.92. The number of hydrogen-bond donors (Lipinski definition) is 2. The highest BCUT2D eigenvalue weighted by molar-refractivity contribution is 6.30. The maximum absolute atomic E-state index is 12.2. The van der Waals surface area contributed by atoms with E-state index in [1.165, 1.54) is 6.07 Å². The van der Waals surface area contributed by atoms with Crippen molar-refractivity contribution < 1.29 is 4.79 Å². The van der Waals surface area contributed by atoms with Gasteiger partial charge in [-0.3, -0.25) is 9.48 Å². The van der Waals surface area contributed by atoms with Gasteiger partial charge < -0.3 is 10.6 Å². The van der Waals surface area contributed by atoms with E-state index in [-0.39, 0.29) is 11.1 Å². The van der Waals surface area contributed by atoms with Crippen molar-refractivity contribution in [1.29, 1.82) is 0 Å². The molecule has 2 aromatic rings. The summed E-state index contributed by atoms with van der Waals surface area (Å²) in [7, 11) is 1.80. The van der Waals surface area contributed by atoms with Crippen molar-refractivity contribution in [1.82, 2.24) is 14.8 Å². The van der Waals surface area contributed by atoms with E-state index < -0.39 is 0 Å². The molecule has 106 valence electrons. The van der Waals surface area contributed by atoms with Gasteiger partial charge in [-0.15, -0.1) is 0 Å². The molecule has 2 aromatic heterocycles. The van der Waals surface area contributed by atoms with Gasteiger partial charge in [0, 0.05) is 25.4 Å². The van der Waals surface area contributed by atoms with Crippen LogP contribution < -0.4 is 10.6 Å². The Hall–Kier alpha value is -2.08. The first kappa shape index (κ1) is 14.3. The average molecular weight is 294 g/mol. The summed E-state index contributed by atoms with van der Waals surface area (Å²) >= 11 is 5.92. The van der Waals surface area contributed by atoms with Crippen molar-refractivity contribution in [2.45, 2.75) is 13.8 Å². The third-order valence-electron chi connectivity index (χ3n) is 2.68. The van der Waals surface area contributed by atoms with Crippen LogP contribution in [0.25, 0.3) is 0 Å². The molecule has 0 aliphatic heterocycles. The van der Waals surface area contributed by atoms with Crippen molar-refractivity contribution in [2.75, 3.05) is 17.2 Å². The lowest BCUT2D eigenvalue weighted by Crippen LogP contribution is -2.13. The van der Waals surface area contributed by atoms with Crippen LogP contribution in [0.5, 0.6) is 0 Å². The molecule has 0 aromatic carbocycles. The smallest absolute Gasteiger partial charge is 0.256 e. The van der Waals surface area contributed by atoms with Crippen molar-refractivity contribution in [3.63, 3.8) is 0 Å². The minimum atomic E-state index is -0.246. The zero-order chi connectivity index (χ0) is 14.7. The summed E-state index contributed by atoms with van der Waals surface area (Å²) in [5.74, 6) is 0.331. The van der Waals surface area contributed by atoms with E-state index in [9.17, 15) is 4.79 Å². The molecule has 20 heavy (non-hydrogen) atoms. The predicted octanol–water partition coefficient (Wildman–Crippen LogP) is 2.46. The standard InChI is InChI=1S/C13H16ClN5O/c1-4-15-12-6-9(5-11(14)17-12)13(20)16-10-7-19(3)18-8(10)2/h5-7H,4H2,1-3H3,(H,15,17)(H,16,20). The third kappa shape index (κ3) is 3.27. The van der Waals surface area contributed by atoms with Gasteiger partial charge in [0.1, 0.15) is 11.0 Å². The van der Waals surface area contributed by atoms with Crippen molar-refractivity contribution in [3.8, 4) is 0 Å². The summed E-state index contributed by atoms with van der Waals surface area (Å²) in [6.07, 6.45) is 1.75. The molecule has 0 saturated carbocycles. The largest absolute Gasteiger partial charge is 0.370 e. The molecule has 0 aliphatic rings. The number of carbonyl (C=O) groups is 1. The molecule has 2 heterocycles. The molecule has 2 N–H and O–H groups in total. The molecule has 0 saturated heterocycles. The highest BCUT2D eigenvalue weighted by Gasteiger charge is 2.12. The third-order valence-corrected chi connectivity index (χ3v) is 2.87. The Balaban J connectivity index is 2.22. The first-order chi connectivity index (χ1) is 9.49. The Kier molecular flexibility index (Phi) is 4.24. The lowest BCUT2D eigenvalue weighted by atomic mass is 10.2. The number of aryl methyl sites for hydroxylation is 2. The number of aromatic nitrogens is 3. The number of halogens is 1. The van der Waals surface area contributed by atoms with Gasteiger partial charge in [-0.2, -0.15) is 5.10 Å². The molecule has 0 radical (unpaired) electrons. The van der Waals surface area contributed by atoms with E-state index in [1.807, 2.05) is 13.8 Å². The van der Waals surface area contributed by atoms with Gasteiger partial charge in [-0.05, 0) is 26.0 Å². The van der Waals surface area contributed by atoms with Crippen LogP contribution in [0.1, 0.15) is 23.0 Å². The highest BCUT2D eigenvalue weighted by atomic mass is 35.5. The fourth-order valence-corrected chi connectivity index (χ4v) is 2.03. The minimum absolute atomic E-state index is 0.246. The van der Waals surface area contributed by atoms with Crippen LogP contribution in [-0.4, -0.2) is 27.2 Å². The lowest BCUT2D eigenvalue weighted by Gasteiger charge is -2.07. The van der Waals surface area contributed by atoms with E-state index in [2.05, 4.69) is 20.7 Å². The summed E-state index contributed by atoms with van der Waals surface area (Å²) in [5.41, 5.74) is 1.88. The minimum Gasteiger partial charge on any atom is -0.370 e. The van der Waals surface area contributed by atoms with Crippen LogP contribution >= 0.6 is 11.6 Å². The Bertz CT molecular complexity index is 638. The van der Waals surface area contributed by atoms with Gasteiger partial charge in [0.15, 0.2) is 0 Å². The summed E-state index contributed by atoms with van der Waals surface area (Å²) in [4.78, 5) is 16.3. The van der Waals surface area contributed by atoms with Crippen molar-refractivity contribution >= 4 is 29.0 Å². The maximum Gasteiger partial charge on any atom is 0.256 e. The normalized spacial score (nSPS) is 10.4. The average Bonchev–Trinajstić information content (AvgIpc) is 2.67. The van der Waals surface area contributed by atoms with Gasteiger partial charge in [0.05, 0.1) is 11.4 Å². The summed E-state index contributed by atoms with van der Waals surface area (Å²) < 4.78 is 1.65. The first-order valence-electron chi connectivity index (χ1n) is 6.22. The SMILES string of the molecule is CCNc1cc(C(=O)Nc2cn(C)nc2C)cc(Cl)n1. The van der Waals surface area contributed by atoms with Crippen LogP contribution in [0.2, 0.25) is 5.15 Å². The zero-order valence-electron chi connectivity index (χ0n) is 11.6. The van der Waals surface area contributed by atoms with Crippen LogP contribution in [-0.2, 0) is 7.05 Å². The van der Waals surface area contributed by atoms with Gasteiger partial charge >= 0.3 is 0 Å². The Morgan fingerprint density at radius 3 is 2.80 bits per heavy atom. The molecule has 0 fully saturated rings. The number of anilines is 2. The summed E-state index contributed by atoms with van der Waals surface area (Å²) in [6.45, 7) is 4.48. The fraction of sp³-hybridized carbons (Fsp3) is 0.308.